The van der Waals surface area contributed by atoms with Crippen LogP contribution < -0.4 is 25.2 Å². The molecule has 36 heavy (non-hydrogen) atoms. The number of ether oxygens (including phenoxy) is 2. The molecule has 2 N–H and O–H groups in total. The Kier molecular flexibility index (Phi) is 8.18. The second kappa shape index (κ2) is 11.5. The summed E-state index contributed by atoms with van der Waals surface area (Å²) in [6, 6.07) is 16.0. The third-order valence-electron chi connectivity index (χ3n) is 5.64. The first-order valence-electron chi connectivity index (χ1n) is 11.3. The summed E-state index contributed by atoms with van der Waals surface area (Å²) < 4.78 is 24.8. The highest BCUT2D eigenvalue weighted by atomic mass is 35.5. The number of nitrogens with zero attached hydrogens (tertiary/aromatic N) is 1. The van der Waals surface area contributed by atoms with Gasteiger partial charge in [-0.15, -0.1) is 0 Å². The van der Waals surface area contributed by atoms with Crippen molar-refractivity contribution < 1.29 is 23.5 Å². The van der Waals surface area contributed by atoms with Crippen LogP contribution in [0.3, 0.4) is 0 Å². The summed E-state index contributed by atoms with van der Waals surface area (Å²) >= 11 is 12.4. The lowest BCUT2D eigenvalue weighted by molar-refractivity contribution is -0.125. The van der Waals surface area contributed by atoms with Crippen LogP contribution in [-0.2, 0) is 16.2 Å². The van der Waals surface area contributed by atoms with Crippen molar-refractivity contribution in [2.75, 3.05) is 23.5 Å². The van der Waals surface area contributed by atoms with Gasteiger partial charge in [-0.25, -0.2) is 4.39 Å². The van der Waals surface area contributed by atoms with Crippen molar-refractivity contribution in [1.29, 1.82) is 0 Å². The Morgan fingerprint density at radius 2 is 1.78 bits per heavy atom. The molecule has 0 aliphatic carbocycles. The number of anilines is 2. The summed E-state index contributed by atoms with van der Waals surface area (Å²) in [5.74, 6) is -0.511. The lowest BCUT2D eigenvalue weighted by Crippen LogP contribution is -2.36. The molecule has 4 rings (SSSR count). The van der Waals surface area contributed by atoms with Crippen LogP contribution in [-0.4, -0.2) is 25.0 Å². The summed E-state index contributed by atoms with van der Waals surface area (Å²) in [7, 11) is 0. The third kappa shape index (κ3) is 6.01. The van der Waals surface area contributed by atoms with Crippen molar-refractivity contribution in [3.63, 3.8) is 0 Å². The van der Waals surface area contributed by atoms with Gasteiger partial charge in [0.25, 0.3) is 0 Å². The van der Waals surface area contributed by atoms with E-state index in [-0.39, 0.29) is 37.2 Å². The third-order valence-corrected chi connectivity index (χ3v) is 6.35. The number of hydrogen-bond donors (Lipinski definition) is 2. The van der Waals surface area contributed by atoms with Crippen LogP contribution in [0.1, 0.15) is 18.9 Å². The number of halogens is 3. The van der Waals surface area contributed by atoms with Crippen LogP contribution in [0.25, 0.3) is 0 Å². The van der Waals surface area contributed by atoms with Gasteiger partial charge in [0.2, 0.25) is 11.8 Å². The van der Waals surface area contributed by atoms with E-state index >= 15 is 0 Å². The quantitative estimate of drug-likeness (QED) is 0.351. The van der Waals surface area contributed by atoms with E-state index in [1.807, 2.05) is 6.92 Å². The Balaban J connectivity index is 1.37. The van der Waals surface area contributed by atoms with Gasteiger partial charge in [0.15, 0.2) is 11.5 Å². The smallest absolute Gasteiger partial charge is 0.243 e. The fraction of sp³-hybridized carbons (Fsp3) is 0.231. The van der Waals surface area contributed by atoms with Gasteiger partial charge >= 0.3 is 0 Å². The van der Waals surface area contributed by atoms with E-state index in [2.05, 4.69) is 10.9 Å². The molecule has 0 unspecified atom stereocenters. The number of carbonyl (C=O) groups excluding carboxylic acids is 2. The number of nitrogens with one attached hydrogen (secondary N) is 2. The van der Waals surface area contributed by atoms with Crippen molar-refractivity contribution in [1.82, 2.24) is 5.43 Å². The Bertz CT molecular complexity index is 1240. The van der Waals surface area contributed by atoms with Crippen LogP contribution in [0.15, 0.2) is 60.7 Å². The fourth-order valence-corrected chi connectivity index (χ4v) is 4.29. The number of benzene rings is 3. The van der Waals surface area contributed by atoms with Crippen LogP contribution in [0, 0.1) is 11.7 Å². The molecule has 1 fully saturated rings. The molecule has 0 radical (unpaired) electrons. The van der Waals surface area contributed by atoms with Crippen molar-refractivity contribution in [2.24, 2.45) is 5.92 Å². The summed E-state index contributed by atoms with van der Waals surface area (Å²) in [5, 5.41) is 1.01. The lowest BCUT2D eigenvalue weighted by Gasteiger charge is -2.17. The van der Waals surface area contributed by atoms with Crippen LogP contribution in [0.4, 0.5) is 15.8 Å². The zero-order valence-electron chi connectivity index (χ0n) is 19.4. The second-order valence-electron chi connectivity index (χ2n) is 8.08. The van der Waals surface area contributed by atoms with Crippen LogP contribution >= 0.6 is 23.2 Å². The number of hydrazine groups is 1. The molecule has 1 atom stereocenters. The van der Waals surface area contributed by atoms with Crippen LogP contribution in [0.2, 0.25) is 10.0 Å². The minimum atomic E-state index is -0.551. The standard InChI is InChI=1S/C26H24Cl2FN3O4/c1-2-35-24-13-18(8-11-23(24)36-15-20-21(27)4-3-5-22(20)28)30-31-26(34)16-12-25(33)32(14-16)19-9-6-17(29)7-10-19/h3-11,13,16,30H,2,12,14-15H2,1H3,(H,31,34)/t16-/m0/s1. The van der Waals surface area contributed by atoms with Gasteiger partial charge in [0, 0.05) is 40.3 Å². The maximum absolute atomic E-state index is 13.2. The molecule has 3 aromatic rings. The summed E-state index contributed by atoms with van der Waals surface area (Å²) in [6.45, 7) is 2.62. The monoisotopic (exact) mass is 531 g/mol. The van der Waals surface area contributed by atoms with E-state index in [1.54, 1.807) is 36.4 Å². The average Bonchev–Trinajstić information content (AvgIpc) is 3.25. The molecule has 7 nitrogen and oxygen atoms in total. The van der Waals surface area contributed by atoms with Gasteiger partial charge in [-0.05, 0) is 55.5 Å². The highest BCUT2D eigenvalue weighted by molar-refractivity contribution is 6.35. The lowest BCUT2D eigenvalue weighted by atomic mass is 10.1. The molecule has 0 spiro atoms. The minimum absolute atomic E-state index is 0.0620. The number of hydrogen-bond acceptors (Lipinski definition) is 5. The highest BCUT2D eigenvalue weighted by Gasteiger charge is 2.35. The van der Waals surface area contributed by atoms with Gasteiger partial charge in [-0.2, -0.15) is 0 Å². The van der Waals surface area contributed by atoms with Gasteiger partial charge in [0.05, 0.1) is 18.2 Å². The minimum Gasteiger partial charge on any atom is -0.490 e. The maximum Gasteiger partial charge on any atom is 0.243 e. The van der Waals surface area contributed by atoms with E-state index in [1.165, 1.54) is 29.2 Å². The first-order chi connectivity index (χ1) is 17.4. The first kappa shape index (κ1) is 25.6. The number of carbonyl (C=O) groups is 2. The predicted molar refractivity (Wildman–Crippen MR) is 137 cm³/mol. The number of amides is 2. The van der Waals surface area contributed by atoms with Crippen molar-refractivity contribution >= 4 is 46.4 Å². The Hall–Kier alpha value is -3.49. The second-order valence-corrected chi connectivity index (χ2v) is 8.89. The molecule has 1 saturated heterocycles. The van der Waals surface area contributed by atoms with Crippen molar-refractivity contribution in [3.05, 3.63) is 82.1 Å². The van der Waals surface area contributed by atoms with Crippen molar-refractivity contribution in [2.45, 2.75) is 20.0 Å². The maximum atomic E-state index is 13.2. The zero-order chi connectivity index (χ0) is 25.7. The molecule has 1 aliphatic rings. The summed E-state index contributed by atoms with van der Waals surface area (Å²) in [6.07, 6.45) is 0.0620. The van der Waals surface area contributed by atoms with E-state index in [4.69, 9.17) is 32.7 Å². The summed E-state index contributed by atoms with van der Waals surface area (Å²) in [4.78, 5) is 26.6. The molecule has 188 valence electrons. The average molecular weight is 532 g/mol. The van der Waals surface area contributed by atoms with Gasteiger partial charge < -0.3 is 14.4 Å². The molecule has 2 amide bonds. The van der Waals surface area contributed by atoms with Crippen LogP contribution in [0.5, 0.6) is 11.5 Å². The highest BCUT2D eigenvalue weighted by Crippen LogP contribution is 2.33. The molecule has 10 heteroatoms. The molecule has 0 aromatic heterocycles. The first-order valence-corrected chi connectivity index (χ1v) is 12.1. The molecular weight excluding hydrogens is 508 g/mol. The fourth-order valence-electron chi connectivity index (χ4n) is 3.78. The predicted octanol–water partition coefficient (Wildman–Crippen LogP) is 5.61. The molecule has 0 saturated carbocycles. The molecule has 1 aliphatic heterocycles. The Morgan fingerprint density at radius 1 is 1.06 bits per heavy atom. The molecule has 3 aromatic carbocycles. The van der Waals surface area contributed by atoms with Gasteiger partial charge in [0.1, 0.15) is 12.4 Å². The number of rotatable bonds is 9. The van der Waals surface area contributed by atoms with Gasteiger partial charge in [-0.3, -0.25) is 20.4 Å². The van der Waals surface area contributed by atoms with E-state index in [9.17, 15) is 14.0 Å². The molecule has 1 heterocycles. The SMILES string of the molecule is CCOc1cc(NNC(=O)[C@H]2CC(=O)N(c3ccc(F)cc3)C2)ccc1OCc1c(Cl)cccc1Cl. The Labute approximate surface area is 218 Å². The topological polar surface area (TPSA) is 79.9 Å². The van der Waals surface area contributed by atoms with E-state index in [0.717, 1.165) is 0 Å². The van der Waals surface area contributed by atoms with E-state index in [0.29, 0.717) is 45.1 Å². The zero-order valence-corrected chi connectivity index (χ0v) is 20.9. The summed E-state index contributed by atoms with van der Waals surface area (Å²) in [5.41, 5.74) is 7.29. The largest absolute Gasteiger partial charge is 0.490 e. The van der Waals surface area contributed by atoms with E-state index < -0.39 is 5.92 Å². The Morgan fingerprint density at radius 3 is 2.47 bits per heavy atom. The van der Waals surface area contributed by atoms with Gasteiger partial charge in [-0.1, -0.05) is 29.3 Å². The molecular formula is C26H24Cl2FN3O4. The van der Waals surface area contributed by atoms with Crippen molar-refractivity contribution in [3.8, 4) is 11.5 Å². The molecule has 0 bridgehead atoms. The normalized spacial score (nSPS) is 15.1.